The predicted octanol–water partition coefficient (Wildman–Crippen LogP) is 5.36. The van der Waals surface area contributed by atoms with E-state index >= 15 is 0 Å². The second-order valence-electron chi connectivity index (χ2n) is 7.31. The second kappa shape index (κ2) is 9.42. The maximum Gasteiger partial charge on any atom is 0.261 e. The van der Waals surface area contributed by atoms with E-state index in [1.165, 1.54) is 5.56 Å². The molecule has 2 rings (SSSR count). The first-order valence-electron chi connectivity index (χ1n) is 9.50. The summed E-state index contributed by atoms with van der Waals surface area (Å²) in [4.78, 5) is 12.9. The van der Waals surface area contributed by atoms with Crippen molar-refractivity contribution in [2.75, 3.05) is 0 Å². The number of carbonyl (C=O) groups excluding carboxylic acids is 1. The number of ether oxygens (including phenoxy) is 1. The zero-order valence-electron chi connectivity index (χ0n) is 16.6. The van der Waals surface area contributed by atoms with E-state index in [9.17, 15) is 4.79 Å². The fourth-order valence-corrected chi connectivity index (χ4v) is 3.03. The van der Waals surface area contributed by atoms with Crippen LogP contribution in [-0.2, 0) is 4.79 Å². The summed E-state index contributed by atoms with van der Waals surface area (Å²) in [6.45, 7) is 10.4. The molecule has 0 spiro atoms. The predicted molar refractivity (Wildman–Crippen MR) is 107 cm³/mol. The molecule has 1 N–H and O–H groups in total. The quantitative estimate of drug-likeness (QED) is 0.693. The van der Waals surface area contributed by atoms with E-state index in [0.717, 1.165) is 23.3 Å². The van der Waals surface area contributed by atoms with Crippen LogP contribution < -0.4 is 10.1 Å². The highest BCUT2D eigenvalue weighted by Gasteiger charge is 2.23. The number of carbonyl (C=O) groups is 1. The van der Waals surface area contributed by atoms with Crippen molar-refractivity contribution >= 4 is 5.91 Å². The lowest BCUT2D eigenvalue weighted by Crippen LogP contribution is -2.40. The molecule has 2 atom stereocenters. The fourth-order valence-electron chi connectivity index (χ4n) is 3.03. The van der Waals surface area contributed by atoms with Crippen LogP contribution in [0.25, 0.3) is 0 Å². The Hall–Kier alpha value is -2.29. The molecular weight excluding hydrogens is 322 g/mol. The number of nitrogens with one attached hydrogen (secondary N) is 1. The minimum absolute atomic E-state index is 0.0000404. The molecular formula is C23H31NO2. The molecule has 0 saturated heterocycles. The molecule has 0 aliphatic heterocycles. The smallest absolute Gasteiger partial charge is 0.261 e. The minimum Gasteiger partial charge on any atom is -0.480 e. The number of hydrogen-bond donors (Lipinski definition) is 1. The summed E-state index contributed by atoms with van der Waals surface area (Å²) in [6.07, 6.45) is 1.03. The van der Waals surface area contributed by atoms with Crippen LogP contribution in [0.5, 0.6) is 5.75 Å². The molecule has 0 fully saturated rings. The largest absolute Gasteiger partial charge is 0.480 e. The molecule has 1 amide bonds. The maximum absolute atomic E-state index is 12.9. The number of amides is 1. The topological polar surface area (TPSA) is 38.3 Å². The van der Waals surface area contributed by atoms with Gasteiger partial charge >= 0.3 is 0 Å². The Morgan fingerprint density at radius 2 is 1.73 bits per heavy atom. The Labute approximate surface area is 157 Å². The van der Waals surface area contributed by atoms with Crippen LogP contribution in [0, 0.1) is 19.8 Å². The summed E-state index contributed by atoms with van der Waals surface area (Å²) in [5.74, 6) is 1.22. The Bertz CT molecular complexity index is 709. The van der Waals surface area contributed by atoms with Crippen molar-refractivity contribution in [2.24, 2.45) is 5.92 Å². The van der Waals surface area contributed by atoms with Gasteiger partial charge in [0.25, 0.3) is 5.91 Å². The van der Waals surface area contributed by atoms with Crippen LogP contribution in [0.1, 0.15) is 56.3 Å². The Kier molecular flexibility index (Phi) is 7.26. The molecule has 26 heavy (non-hydrogen) atoms. The summed E-state index contributed by atoms with van der Waals surface area (Å²) < 4.78 is 6.07. The van der Waals surface area contributed by atoms with Gasteiger partial charge in [-0.2, -0.15) is 0 Å². The first-order chi connectivity index (χ1) is 12.4. The fraction of sp³-hybridized carbons (Fsp3) is 0.435. The SMILES string of the molecule is CC[C@@H](Oc1cccc(C)c1C)C(=O)N[C@H](CC(C)C)c1ccccc1. The van der Waals surface area contributed by atoms with Crippen molar-refractivity contribution < 1.29 is 9.53 Å². The zero-order valence-corrected chi connectivity index (χ0v) is 16.6. The first-order valence-corrected chi connectivity index (χ1v) is 9.50. The Morgan fingerprint density at radius 3 is 2.35 bits per heavy atom. The third-order valence-electron chi connectivity index (χ3n) is 4.71. The Morgan fingerprint density at radius 1 is 1.04 bits per heavy atom. The van der Waals surface area contributed by atoms with Gasteiger partial charge in [-0.15, -0.1) is 0 Å². The average Bonchev–Trinajstić information content (AvgIpc) is 2.62. The van der Waals surface area contributed by atoms with Crippen molar-refractivity contribution in [1.82, 2.24) is 5.32 Å². The highest BCUT2D eigenvalue weighted by atomic mass is 16.5. The zero-order chi connectivity index (χ0) is 19.1. The van der Waals surface area contributed by atoms with Crippen LogP contribution in [-0.4, -0.2) is 12.0 Å². The Balaban J connectivity index is 2.14. The number of aryl methyl sites for hydroxylation is 1. The van der Waals surface area contributed by atoms with Crippen molar-refractivity contribution in [1.29, 1.82) is 0 Å². The molecule has 0 aliphatic rings. The molecule has 2 aromatic carbocycles. The van der Waals surface area contributed by atoms with Gasteiger partial charge in [0.2, 0.25) is 0 Å². The minimum atomic E-state index is -0.492. The summed E-state index contributed by atoms with van der Waals surface area (Å²) in [5.41, 5.74) is 3.39. The van der Waals surface area contributed by atoms with Gasteiger partial charge in [-0.05, 0) is 55.4 Å². The van der Waals surface area contributed by atoms with Crippen molar-refractivity contribution in [2.45, 2.75) is 59.6 Å². The molecule has 0 aromatic heterocycles. The van der Waals surface area contributed by atoms with Crippen LogP contribution in [0.15, 0.2) is 48.5 Å². The number of hydrogen-bond acceptors (Lipinski definition) is 2. The van der Waals surface area contributed by atoms with Crippen LogP contribution in [0.2, 0.25) is 0 Å². The van der Waals surface area contributed by atoms with Gasteiger partial charge in [0.15, 0.2) is 6.10 Å². The average molecular weight is 354 g/mol. The molecule has 3 nitrogen and oxygen atoms in total. The van der Waals surface area contributed by atoms with Gasteiger partial charge in [-0.3, -0.25) is 4.79 Å². The lowest BCUT2D eigenvalue weighted by Gasteiger charge is -2.25. The molecule has 0 heterocycles. The van der Waals surface area contributed by atoms with Gasteiger partial charge in [0, 0.05) is 0 Å². The normalized spacial score (nSPS) is 13.3. The van der Waals surface area contributed by atoms with Crippen LogP contribution in [0.4, 0.5) is 0 Å². The monoisotopic (exact) mass is 353 g/mol. The van der Waals surface area contributed by atoms with Gasteiger partial charge < -0.3 is 10.1 Å². The third-order valence-corrected chi connectivity index (χ3v) is 4.71. The summed E-state index contributed by atoms with van der Waals surface area (Å²) in [5, 5.41) is 3.21. The number of rotatable bonds is 8. The maximum atomic E-state index is 12.9. The molecule has 3 heteroatoms. The van der Waals surface area contributed by atoms with Gasteiger partial charge in [0.1, 0.15) is 5.75 Å². The molecule has 0 saturated carbocycles. The van der Waals surface area contributed by atoms with Gasteiger partial charge in [-0.25, -0.2) is 0 Å². The first kappa shape index (κ1) is 20.0. The van der Waals surface area contributed by atoms with E-state index in [2.05, 4.69) is 44.3 Å². The standard InChI is InChI=1S/C23H31NO2/c1-6-21(26-22-14-10-11-17(4)18(22)5)23(25)24-20(15-16(2)3)19-12-8-7-9-13-19/h7-14,16,20-21H,6,15H2,1-5H3,(H,24,25)/t20-,21-/m1/s1. The van der Waals surface area contributed by atoms with Crippen molar-refractivity contribution in [3.63, 3.8) is 0 Å². The highest BCUT2D eigenvalue weighted by Crippen LogP contribution is 2.24. The van der Waals surface area contributed by atoms with Gasteiger partial charge in [0.05, 0.1) is 6.04 Å². The van der Waals surface area contributed by atoms with E-state index in [1.54, 1.807) is 0 Å². The lowest BCUT2D eigenvalue weighted by atomic mass is 9.96. The molecule has 0 bridgehead atoms. The number of benzene rings is 2. The van der Waals surface area contributed by atoms with Crippen molar-refractivity contribution in [3.8, 4) is 5.75 Å². The molecule has 0 radical (unpaired) electrons. The van der Waals surface area contributed by atoms with E-state index < -0.39 is 6.10 Å². The lowest BCUT2D eigenvalue weighted by molar-refractivity contribution is -0.129. The van der Waals surface area contributed by atoms with E-state index in [1.807, 2.05) is 44.2 Å². The van der Waals surface area contributed by atoms with Crippen molar-refractivity contribution in [3.05, 3.63) is 65.2 Å². The summed E-state index contributed by atoms with van der Waals surface area (Å²) in [6, 6.07) is 16.1. The second-order valence-corrected chi connectivity index (χ2v) is 7.31. The summed E-state index contributed by atoms with van der Waals surface area (Å²) in [7, 11) is 0. The molecule has 140 valence electrons. The molecule has 0 aliphatic carbocycles. The highest BCUT2D eigenvalue weighted by molar-refractivity contribution is 5.81. The molecule has 0 unspecified atom stereocenters. The third kappa shape index (κ3) is 5.35. The van der Waals surface area contributed by atoms with Gasteiger partial charge in [-0.1, -0.05) is 63.2 Å². The van der Waals surface area contributed by atoms with E-state index in [4.69, 9.17) is 4.74 Å². The molecule has 2 aromatic rings. The van der Waals surface area contributed by atoms with Crippen LogP contribution >= 0.6 is 0 Å². The van der Waals surface area contributed by atoms with E-state index in [0.29, 0.717) is 12.3 Å². The van der Waals surface area contributed by atoms with Crippen LogP contribution in [0.3, 0.4) is 0 Å². The van der Waals surface area contributed by atoms with E-state index in [-0.39, 0.29) is 11.9 Å². The summed E-state index contributed by atoms with van der Waals surface area (Å²) >= 11 is 0.